The van der Waals surface area contributed by atoms with Gasteiger partial charge < -0.3 is 19.9 Å². The summed E-state index contributed by atoms with van der Waals surface area (Å²) in [6.07, 6.45) is 5.84. The van der Waals surface area contributed by atoms with Crippen LogP contribution in [0.3, 0.4) is 0 Å². The topological polar surface area (TPSA) is 87.3 Å². The van der Waals surface area contributed by atoms with Gasteiger partial charge in [0.2, 0.25) is 11.8 Å². The van der Waals surface area contributed by atoms with Crippen LogP contribution < -0.4 is 5.32 Å². The van der Waals surface area contributed by atoms with Crippen molar-refractivity contribution in [2.75, 3.05) is 19.7 Å². The lowest BCUT2D eigenvalue weighted by Gasteiger charge is -2.51. The van der Waals surface area contributed by atoms with E-state index in [4.69, 9.17) is 4.74 Å². The molecule has 196 valence electrons. The molecule has 7 nitrogen and oxygen atoms in total. The Morgan fingerprint density at radius 2 is 1.95 bits per heavy atom. The Kier molecular flexibility index (Phi) is 8.66. The van der Waals surface area contributed by atoms with Gasteiger partial charge in [0.1, 0.15) is 23.3 Å². The van der Waals surface area contributed by atoms with Crippen LogP contribution in [0.5, 0.6) is 0 Å². The molecule has 4 rings (SSSR count). The number of hydrogen-bond acceptors (Lipinski definition) is 4. The number of rotatable bonds is 12. The summed E-state index contributed by atoms with van der Waals surface area (Å²) in [6, 6.07) is 11.3. The molecule has 0 bridgehead atoms. The third kappa shape index (κ3) is 6.80. The number of aryl methyl sites for hydroxylation is 1. The highest BCUT2D eigenvalue weighted by Crippen LogP contribution is 2.37. The van der Waals surface area contributed by atoms with E-state index in [1.165, 1.54) is 24.3 Å². The molecule has 1 atom stereocenters. The molecule has 0 spiro atoms. The van der Waals surface area contributed by atoms with Gasteiger partial charge in [0.15, 0.2) is 0 Å². The minimum Gasteiger partial charge on any atom is -0.367 e. The fraction of sp³-hybridized carbons (Fsp3) is 0.393. The number of ether oxygens (including phenoxy) is 1. The Bertz CT molecular complexity index is 1180. The number of benzene rings is 2. The van der Waals surface area contributed by atoms with E-state index in [-0.39, 0.29) is 43.6 Å². The van der Waals surface area contributed by atoms with E-state index in [0.717, 1.165) is 24.1 Å². The predicted octanol–water partition coefficient (Wildman–Crippen LogP) is 3.90. The number of nitrogens with one attached hydrogen (secondary N) is 2. The molecule has 1 saturated heterocycles. The molecule has 1 aromatic heterocycles. The lowest BCUT2D eigenvalue weighted by molar-refractivity contribution is -0.175. The largest absolute Gasteiger partial charge is 0.367 e. The zero-order chi connectivity index (χ0) is 26.3. The molecule has 1 aliphatic heterocycles. The average Bonchev–Trinajstić information content (AvgIpc) is 3.38. The molecule has 37 heavy (non-hydrogen) atoms. The van der Waals surface area contributed by atoms with Gasteiger partial charge >= 0.3 is 0 Å². The lowest BCUT2D eigenvalue weighted by atomic mass is 9.84. The second-order valence-corrected chi connectivity index (χ2v) is 9.41. The summed E-state index contributed by atoms with van der Waals surface area (Å²) in [5.41, 5.74) is 1.43. The van der Waals surface area contributed by atoms with Gasteiger partial charge in [-0.2, -0.15) is 0 Å². The van der Waals surface area contributed by atoms with Crippen molar-refractivity contribution in [2.45, 2.75) is 50.7 Å². The first-order valence-electron chi connectivity index (χ1n) is 12.6. The summed E-state index contributed by atoms with van der Waals surface area (Å²) >= 11 is 0. The average molecular weight is 511 g/mol. The van der Waals surface area contributed by atoms with E-state index in [1.807, 2.05) is 0 Å². The Morgan fingerprint density at radius 1 is 1.16 bits per heavy atom. The highest BCUT2D eigenvalue weighted by atomic mass is 19.1. The van der Waals surface area contributed by atoms with E-state index in [1.54, 1.807) is 41.7 Å². The van der Waals surface area contributed by atoms with E-state index < -0.39 is 17.5 Å². The normalized spacial score (nSPS) is 15.2. The van der Waals surface area contributed by atoms with Crippen molar-refractivity contribution in [1.29, 1.82) is 0 Å². The van der Waals surface area contributed by atoms with Crippen LogP contribution in [0.4, 0.5) is 8.78 Å². The molecule has 1 unspecified atom stereocenters. The van der Waals surface area contributed by atoms with Gasteiger partial charge in [-0.25, -0.2) is 13.8 Å². The van der Waals surface area contributed by atoms with E-state index in [0.29, 0.717) is 18.6 Å². The smallest absolute Gasteiger partial charge is 0.245 e. The molecule has 2 aromatic carbocycles. The van der Waals surface area contributed by atoms with Gasteiger partial charge in [0.25, 0.3) is 0 Å². The molecule has 0 radical (unpaired) electrons. The maximum atomic E-state index is 13.8. The molecule has 9 heteroatoms. The highest BCUT2D eigenvalue weighted by Gasteiger charge is 2.49. The number of nitrogens with zero attached hydrogens (tertiary/aromatic N) is 2. The Labute approximate surface area is 215 Å². The molecular weight excluding hydrogens is 478 g/mol. The van der Waals surface area contributed by atoms with Gasteiger partial charge in [-0.15, -0.1) is 0 Å². The van der Waals surface area contributed by atoms with Crippen molar-refractivity contribution in [2.24, 2.45) is 0 Å². The highest BCUT2D eigenvalue weighted by molar-refractivity contribution is 5.88. The maximum absolute atomic E-state index is 13.8. The van der Waals surface area contributed by atoms with Crippen LogP contribution in [-0.2, 0) is 32.8 Å². The molecule has 3 aromatic rings. The Morgan fingerprint density at radius 3 is 2.62 bits per heavy atom. The second kappa shape index (κ2) is 12.1. The monoisotopic (exact) mass is 510 g/mol. The number of carbonyl (C=O) groups is 2. The minimum atomic E-state index is -0.865. The summed E-state index contributed by atoms with van der Waals surface area (Å²) in [7, 11) is 0. The van der Waals surface area contributed by atoms with Crippen molar-refractivity contribution in [3.8, 4) is 0 Å². The number of amides is 2. The molecule has 0 aliphatic carbocycles. The zero-order valence-electron chi connectivity index (χ0n) is 20.9. The number of hydrogen-bond donors (Lipinski definition) is 2. The van der Waals surface area contributed by atoms with Crippen LogP contribution in [0.2, 0.25) is 0 Å². The summed E-state index contributed by atoms with van der Waals surface area (Å²) in [5.74, 6) is -1.30. The van der Waals surface area contributed by atoms with E-state index in [9.17, 15) is 18.4 Å². The molecule has 2 amide bonds. The van der Waals surface area contributed by atoms with Gasteiger partial charge in [-0.05, 0) is 48.2 Å². The summed E-state index contributed by atoms with van der Waals surface area (Å²) in [6.45, 7) is 3.15. The van der Waals surface area contributed by atoms with E-state index >= 15 is 0 Å². The summed E-state index contributed by atoms with van der Waals surface area (Å²) < 4.78 is 33.6. The van der Waals surface area contributed by atoms with Crippen LogP contribution in [0.1, 0.15) is 43.0 Å². The molecular formula is C28H32F2N4O3. The number of carbonyl (C=O) groups excluding carboxylic acids is 2. The first-order valence-corrected chi connectivity index (χ1v) is 12.6. The number of H-pyrrole nitrogens is 1. The SMILES string of the molecule is CCCCOC1(c2ccc(F)cc2)CN(C(=O)C(Cc2cccc(F)c2)NC(=O)CCc2c[nH]cn2)C1. The second-order valence-electron chi connectivity index (χ2n) is 9.41. The number of aromatic nitrogens is 2. The van der Waals surface area contributed by atoms with Crippen LogP contribution in [0.15, 0.2) is 61.1 Å². The van der Waals surface area contributed by atoms with Gasteiger partial charge in [0, 0.05) is 25.6 Å². The molecule has 2 heterocycles. The third-order valence-corrected chi connectivity index (χ3v) is 6.58. The molecule has 1 fully saturated rings. The zero-order valence-corrected chi connectivity index (χ0v) is 20.9. The standard InChI is InChI=1S/C28H32F2N4O3/c1-2-3-13-37-28(21-7-9-22(29)10-8-21)17-34(18-28)27(36)25(15-20-5-4-6-23(30)14-20)33-26(35)12-11-24-16-31-19-32-24/h4-10,14,16,19,25H,2-3,11-13,15,17-18H2,1H3,(H,31,32)(H,33,35). The van der Waals surface area contributed by atoms with Crippen molar-refractivity contribution >= 4 is 11.8 Å². The predicted molar refractivity (Wildman–Crippen MR) is 134 cm³/mol. The number of likely N-dealkylation sites (tertiary alicyclic amines) is 1. The van der Waals surface area contributed by atoms with Crippen LogP contribution >= 0.6 is 0 Å². The quantitative estimate of drug-likeness (QED) is 0.362. The molecule has 2 N–H and O–H groups in total. The van der Waals surface area contributed by atoms with Crippen molar-refractivity contribution in [1.82, 2.24) is 20.2 Å². The number of imidazole rings is 1. The van der Waals surface area contributed by atoms with Crippen LogP contribution in [0.25, 0.3) is 0 Å². The summed E-state index contributed by atoms with van der Waals surface area (Å²) in [4.78, 5) is 34.9. The number of unbranched alkanes of at least 4 members (excludes halogenated alkanes) is 1. The first-order chi connectivity index (χ1) is 17.9. The Hall–Kier alpha value is -3.59. The van der Waals surface area contributed by atoms with E-state index in [2.05, 4.69) is 22.2 Å². The maximum Gasteiger partial charge on any atom is 0.245 e. The lowest BCUT2D eigenvalue weighted by Crippen LogP contribution is -2.66. The van der Waals surface area contributed by atoms with Gasteiger partial charge in [-0.3, -0.25) is 9.59 Å². The Balaban J connectivity index is 1.47. The fourth-order valence-corrected chi connectivity index (χ4v) is 4.50. The van der Waals surface area contributed by atoms with Crippen LogP contribution in [-0.4, -0.2) is 52.4 Å². The molecule has 0 saturated carbocycles. The van der Waals surface area contributed by atoms with Gasteiger partial charge in [-0.1, -0.05) is 37.6 Å². The summed E-state index contributed by atoms with van der Waals surface area (Å²) in [5, 5.41) is 2.84. The minimum absolute atomic E-state index is 0.154. The van der Waals surface area contributed by atoms with Crippen LogP contribution in [0, 0.1) is 11.6 Å². The van der Waals surface area contributed by atoms with Gasteiger partial charge in [0.05, 0.1) is 25.1 Å². The van der Waals surface area contributed by atoms with Crippen molar-refractivity contribution in [3.63, 3.8) is 0 Å². The fourth-order valence-electron chi connectivity index (χ4n) is 4.50. The van der Waals surface area contributed by atoms with Crippen molar-refractivity contribution < 1.29 is 23.1 Å². The molecule has 1 aliphatic rings. The first kappa shape index (κ1) is 26.5. The number of halogens is 2. The number of aromatic amines is 1. The van der Waals surface area contributed by atoms with Crippen molar-refractivity contribution in [3.05, 3.63) is 89.5 Å². The third-order valence-electron chi connectivity index (χ3n) is 6.58.